The number of carbonyl (C=O) groups is 2. The van der Waals surface area contributed by atoms with Crippen LogP contribution in [-0.4, -0.2) is 40.3 Å². The van der Waals surface area contributed by atoms with Gasteiger partial charge in [-0.15, -0.1) is 0 Å². The first-order valence-corrected chi connectivity index (χ1v) is 14.4. The number of nitrogens with one attached hydrogen (secondary N) is 2. The average Bonchev–Trinajstić information content (AvgIpc) is 3.53. The molecule has 1 amide bonds. The maximum absolute atomic E-state index is 13.0. The maximum atomic E-state index is 13.0. The number of sulfonamides is 1. The van der Waals surface area contributed by atoms with E-state index in [1.807, 2.05) is 24.3 Å². The first-order valence-electron chi connectivity index (χ1n) is 12.9. The van der Waals surface area contributed by atoms with Crippen molar-refractivity contribution in [3.05, 3.63) is 114 Å². The highest BCUT2D eigenvalue weighted by molar-refractivity contribution is 7.92. The van der Waals surface area contributed by atoms with Crippen LogP contribution in [0.25, 0.3) is 0 Å². The fourth-order valence-electron chi connectivity index (χ4n) is 4.53. The molecule has 0 aromatic heterocycles. The smallest absolute Gasteiger partial charge is 0.261 e. The highest BCUT2D eigenvalue weighted by Gasteiger charge is 2.16. The lowest BCUT2D eigenvalue weighted by Gasteiger charge is -2.17. The maximum Gasteiger partial charge on any atom is 0.261 e. The van der Waals surface area contributed by atoms with Gasteiger partial charge in [-0.25, -0.2) is 8.42 Å². The number of methoxy groups -OCH3 is 1. The second-order valence-electron chi connectivity index (χ2n) is 9.46. The minimum absolute atomic E-state index is 0.0970. The molecule has 1 saturated heterocycles. The molecule has 5 rings (SSSR count). The SMILES string of the molecule is COc1ccc(S(=O)(=O)Nc2ccc(C(=O)c3ccc(NC(=O)c4ccc(N5CCCC5)cc4)cc3)cc2)cc1. The van der Waals surface area contributed by atoms with Crippen LogP contribution in [0.5, 0.6) is 5.75 Å². The molecular formula is C31H29N3O5S. The Bertz CT molecular complexity index is 1590. The summed E-state index contributed by atoms with van der Waals surface area (Å²) in [5.41, 5.74) is 3.44. The van der Waals surface area contributed by atoms with E-state index in [0.717, 1.165) is 18.8 Å². The molecule has 0 unspecified atom stereocenters. The summed E-state index contributed by atoms with van der Waals surface area (Å²) in [7, 11) is -2.29. The molecule has 9 heteroatoms. The van der Waals surface area contributed by atoms with E-state index >= 15 is 0 Å². The van der Waals surface area contributed by atoms with Crippen LogP contribution in [-0.2, 0) is 10.0 Å². The van der Waals surface area contributed by atoms with E-state index in [1.54, 1.807) is 48.5 Å². The van der Waals surface area contributed by atoms with Crippen molar-refractivity contribution in [2.24, 2.45) is 0 Å². The van der Waals surface area contributed by atoms with E-state index in [-0.39, 0.29) is 16.6 Å². The van der Waals surface area contributed by atoms with Gasteiger partial charge in [-0.05, 0) is 110 Å². The van der Waals surface area contributed by atoms with Gasteiger partial charge >= 0.3 is 0 Å². The second kappa shape index (κ2) is 11.6. The van der Waals surface area contributed by atoms with Gasteiger partial charge in [0.2, 0.25) is 0 Å². The molecule has 8 nitrogen and oxygen atoms in total. The Kier molecular flexibility index (Phi) is 7.84. The second-order valence-corrected chi connectivity index (χ2v) is 11.1. The van der Waals surface area contributed by atoms with Gasteiger partial charge in [-0.1, -0.05) is 0 Å². The molecule has 0 aliphatic carbocycles. The van der Waals surface area contributed by atoms with Gasteiger partial charge < -0.3 is 15.0 Å². The van der Waals surface area contributed by atoms with Crippen LogP contribution >= 0.6 is 0 Å². The molecule has 0 bridgehead atoms. The minimum atomic E-state index is -3.79. The zero-order chi connectivity index (χ0) is 28.1. The Balaban J connectivity index is 1.19. The Morgan fingerprint density at radius 1 is 0.700 bits per heavy atom. The fourth-order valence-corrected chi connectivity index (χ4v) is 5.59. The van der Waals surface area contributed by atoms with Crippen LogP contribution in [0.2, 0.25) is 0 Å². The lowest BCUT2D eigenvalue weighted by molar-refractivity contribution is 0.102. The van der Waals surface area contributed by atoms with Gasteiger partial charge in [0.1, 0.15) is 5.75 Å². The van der Waals surface area contributed by atoms with E-state index in [2.05, 4.69) is 14.9 Å². The van der Waals surface area contributed by atoms with Gasteiger partial charge in [0.05, 0.1) is 12.0 Å². The number of rotatable bonds is 9. The van der Waals surface area contributed by atoms with E-state index in [9.17, 15) is 18.0 Å². The summed E-state index contributed by atoms with van der Waals surface area (Å²) in [5, 5.41) is 2.87. The molecule has 204 valence electrons. The van der Waals surface area contributed by atoms with Gasteiger partial charge in [0.25, 0.3) is 15.9 Å². The van der Waals surface area contributed by atoms with Crippen molar-refractivity contribution in [3.8, 4) is 5.75 Å². The number of amides is 1. The molecule has 4 aromatic rings. The summed E-state index contributed by atoms with van der Waals surface area (Å²) in [6, 6.07) is 26.5. The van der Waals surface area contributed by atoms with Crippen LogP contribution in [0.15, 0.2) is 102 Å². The monoisotopic (exact) mass is 555 g/mol. The van der Waals surface area contributed by atoms with Gasteiger partial charge in [0.15, 0.2) is 5.78 Å². The number of carbonyl (C=O) groups excluding carboxylic acids is 2. The molecule has 40 heavy (non-hydrogen) atoms. The number of nitrogens with zero attached hydrogens (tertiary/aromatic N) is 1. The Morgan fingerprint density at radius 2 is 1.23 bits per heavy atom. The highest BCUT2D eigenvalue weighted by Crippen LogP contribution is 2.23. The Hall–Kier alpha value is -4.63. The highest BCUT2D eigenvalue weighted by atomic mass is 32.2. The minimum Gasteiger partial charge on any atom is -0.497 e. The molecule has 1 fully saturated rings. The summed E-state index contributed by atoms with van der Waals surface area (Å²) < 4.78 is 32.9. The molecule has 2 N–H and O–H groups in total. The van der Waals surface area contributed by atoms with Crippen LogP contribution in [0, 0.1) is 0 Å². The number of anilines is 3. The van der Waals surface area contributed by atoms with Crippen LogP contribution in [0.1, 0.15) is 39.1 Å². The van der Waals surface area contributed by atoms with Crippen LogP contribution < -0.4 is 19.7 Å². The standard InChI is InChI=1S/C31H29N3O5S/c1-39-28-16-18-29(19-17-28)40(37,38)33-26-12-6-23(7-13-26)30(35)22-4-10-25(11-5-22)32-31(36)24-8-14-27(15-9-24)34-20-2-3-21-34/h4-19,33H,2-3,20-21H2,1H3,(H,32,36). The number of benzene rings is 4. The van der Waals surface area contributed by atoms with Crippen LogP contribution in [0.3, 0.4) is 0 Å². The summed E-state index contributed by atoms with van der Waals surface area (Å²) in [6.07, 6.45) is 2.39. The third-order valence-electron chi connectivity index (χ3n) is 6.77. The van der Waals surface area contributed by atoms with E-state index in [1.165, 1.54) is 44.2 Å². The topological polar surface area (TPSA) is 105 Å². The number of hydrogen-bond donors (Lipinski definition) is 2. The zero-order valence-electron chi connectivity index (χ0n) is 22.0. The lowest BCUT2D eigenvalue weighted by Crippen LogP contribution is -2.18. The van der Waals surface area contributed by atoms with Gasteiger partial charge in [-0.2, -0.15) is 0 Å². The van der Waals surface area contributed by atoms with Crippen LogP contribution in [0.4, 0.5) is 17.1 Å². The van der Waals surface area contributed by atoms with Crippen molar-refractivity contribution in [1.29, 1.82) is 0 Å². The van der Waals surface area contributed by atoms with E-state index in [4.69, 9.17) is 4.74 Å². The summed E-state index contributed by atoms with van der Waals surface area (Å²) >= 11 is 0. The van der Waals surface area contributed by atoms with Crippen molar-refractivity contribution < 1.29 is 22.7 Å². The molecule has 4 aromatic carbocycles. The summed E-state index contributed by atoms with van der Waals surface area (Å²) in [6.45, 7) is 2.09. The predicted molar refractivity (Wildman–Crippen MR) is 156 cm³/mol. The third kappa shape index (κ3) is 6.16. The molecule has 1 heterocycles. The molecule has 0 saturated carbocycles. The van der Waals surface area contributed by atoms with E-state index < -0.39 is 10.0 Å². The summed E-state index contributed by atoms with van der Waals surface area (Å²) in [4.78, 5) is 28.1. The van der Waals surface area contributed by atoms with Crippen molar-refractivity contribution in [1.82, 2.24) is 0 Å². The molecule has 0 radical (unpaired) electrons. The molecule has 0 atom stereocenters. The van der Waals surface area contributed by atoms with Gasteiger partial charge in [-0.3, -0.25) is 14.3 Å². The summed E-state index contributed by atoms with van der Waals surface area (Å²) in [5.74, 6) is 0.111. The van der Waals surface area contributed by atoms with Crippen molar-refractivity contribution in [2.45, 2.75) is 17.7 Å². The normalized spacial score (nSPS) is 13.1. The third-order valence-corrected chi connectivity index (χ3v) is 8.17. The number of hydrogen-bond acceptors (Lipinski definition) is 6. The molecular weight excluding hydrogens is 526 g/mol. The first kappa shape index (κ1) is 27.0. The average molecular weight is 556 g/mol. The quantitative estimate of drug-likeness (QED) is 0.261. The largest absolute Gasteiger partial charge is 0.497 e. The molecule has 1 aliphatic heterocycles. The van der Waals surface area contributed by atoms with Crippen molar-refractivity contribution in [2.75, 3.05) is 35.1 Å². The number of ketones is 1. The zero-order valence-corrected chi connectivity index (χ0v) is 22.8. The lowest BCUT2D eigenvalue weighted by atomic mass is 10.0. The number of ether oxygens (including phenoxy) is 1. The molecule has 1 aliphatic rings. The Morgan fingerprint density at radius 3 is 1.77 bits per heavy atom. The van der Waals surface area contributed by atoms with Crippen molar-refractivity contribution in [3.63, 3.8) is 0 Å². The van der Waals surface area contributed by atoms with Gasteiger partial charge in [0, 0.05) is 46.8 Å². The Labute approximate surface area is 233 Å². The van der Waals surface area contributed by atoms with E-state index in [0.29, 0.717) is 33.8 Å². The predicted octanol–water partition coefficient (Wildman–Crippen LogP) is 5.58. The van der Waals surface area contributed by atoms with Crippen molar-refractivity contribution >= 4 is 38.8 Å². The molecule has 0 spiro atoms. The first-order chi connectivity index (χ1) is 19.3. The fraction of sp³-hybridized carbons (Fsp3) is 0.161.